The van der Waals surface area contributed by atoms with Gasteiger partial charge in [-0.3, -0.25) is 0 Å². The maximum atomic E-state index is 13.9. The highest BCUT2D eigenvalue weighted by Crippen LogP contribution is 2.28. The maximum Gasteiger partial charge on any atom is 0.244 e. The van der Waals surface area contributed by atoms with Crippen LogP contribution in [0.25, 0.3) is 22.6 Å². The van der Waals surface area contributed by atoms with Gasteiger partial charge >= 0.3 is 0 Å². The van der Waals surface area contributed by atoms with Crippen LogP contribution in [-0.2, 0) is 0 Å². The lowest BCUT2D eigenvalue weighted by molar-refractivity contribution is 0.326. The van der Waals surface area contributed by atoms with E-state index in [1.807, 2.05) is 37.3 Å². The summed E-state index contributed by atoms with van der Waals surface area (Å²) in [4.78, 5) is 4.33. The Labute approximate surface area is 127 Å². The molecule has 1 heterocycles. The zero-order valence-electron chi connectivity index (χ0n) is 12.0. The number of hydrogen-bond acceptors (Lipinski definition) is 4. The molecular formula is C17H14FN3O. The van der Waals surface area contributed by atoms with Crippen LogP contribution in [0.4, 0.5) is 4.39 Å². The molecule has 4 nitrogen and oxygen atoms in total. The highest BCUT2D eigenvalue weighted by molar-refractivity contribution is 5.65. The molecule has 22 heavy (non-hydrogen) atoms. The fourth-order valence-electron chi connectivity index (χ4n) is 2.08. The summed E-state index contributed by atoms with van der Waals surface area (Å²) >= 11 is 0. The van der Waals surface area contributed by atoms with E-state index in [-0.39, 0.29) is 11.6 Å². The average Bonchev–Trinajstić information content (AvgIpc) is 2.56. The van der Waals surface area contributed by atoms with Crippen LogP contribution in [0.3, 0.4) is 0 Å². The smallest absolute Gasteiger partial charge is 0.244 e. The molecule has 3 aromatic rings. The zero-order valence-corrected chi connectivity index (χ0v) is 12.0. The Morgan fingerprint density at radius 2 is 1.68 bits per heavy atom. The summed E-state index contributed by atoms with van der Waals surface area (Å²) < 4.78 is 19.4. The molecule has 3 rings (SSSR count). The lowest BCUT2D eigenvalue weighted by Gasteiger charge is -2.09. The summed E-state index contributed by atoms with van der Waals surface area (Å²) in [6.45, 7) is 2.30. The van der Waals surface area contributed by atoms with Gasteiger partial charge in [-0.15, -0.1) is 10.2 Å². The minimum atomic E-state index is -0.390. The zero-order chi connectivity index (χ0) is 15.4. The molecule has 0 bridgehead atoms. The van der Waals surface area contributed by atoms with Crippen LogP contribution >= 0.6 is 0 Å². The van der Waals surface area contributed by atoms with Crippen molar-refractivity contribution in [2.24, 2.45) is 0 Å². The highest BCUT2D eigenvalue weighted by atomic mass is 19.1. The van der Waals surface area contributed by atoms with Gasteiger partial charge in [-0.25, -0.2) is 4.39 Å². The van der Waals surface area contributed by atoms with Crippen molar-refractivity contribution in [3.05, 3.63) is 60.4 Å². The van der Waals surface area contributed by atoms with E-state index in [0.717, 1.165) is 5.56 Å². The van der Waals surface area contributed by atoms with Gasteiger partial charge in [0.15, 0.2) is 11.5 Å². The molecule has 110 valence electrons. The van der Waals surface area contributed by atoms with Crippen molar-refractivity contribution in [1.29, 1.82) is 0 Å². The van der Waals surface area contributed by atoms with Gasteiger partial charge in [-0.1, -0.05) is 42.5 Å². The molecule has 0 atom stereocenters. The monoisotopic (exact) mass is 295 g/mol. The van der Waals surface area contributed by atoms with E-state index in [0.29, 0.717) is 23.7 Å². The van der Waals surface area contributed by atoms with Gasteiger partial charge < -0.3 is 4.74 Å². The third-order valence-electron chi connectivity index (χ3n) is 3.10. The Kier molecular flexibility index (Phi) is 4.05. The first-order chi connectivity index (χ1) is 10.8. The Morgan fingerprint density at radius 1 is 0.955 bits per heavy atom. The minimum Gasteiger partial charge on any atom is -0.476 e. The predicted octanol–water partition coefficient (Wildman–Crippen LogP) is 3.74. The van der Waals surface area contributed by atoms with Gasteiger partial charge in [0.2, 0.25) is 5.88 Å². The van der Waals surface area contributed by atoms with Crippen LogP contribution in [0.2, 0.25) is 0 Å². The summed E-state index contributed by atoms with van der Waals surface area (Å²) in [5, 5.41) is 8.23. The van der Waals surface area contributed by atoms with Crippen LogP contribution in [0.15, 0.2) is 54.6 Å². The summed E-state index contributed by atoms with van der Waals surface area (Å²) in [6.07, 6.45) is 0. The lowest BCUT2D eigenvalue weighted by atomic mass is 10.1. The Morgan fingerprint density at radius 3 is 2.41 bits per heavy atom. The van der Waals surface area contributed by atoms with Gasteiger partial charge in [0.1, 0.15) is 5.82 Å². The van der Waals surface area contributed by atoms with E-state index in [1.54, 1.807) is 18.2 Å². The third-order valence-corrected chi connectivity index (χ3v) is 3.10. The number of hydrogen-bond donors (Lipinski definition) is 0. The van der Waals surface area contributed by atoms with Crippen molar-refractivity contribution in [1.82, 2.24) is 15.2 Å². The number of aromatic nitrogens is 3. The SMILES string of the molecule is CCOc1nc(-c2ccccc2F)nnc1-c1ccccc1. The van der Waals surface area contributed by atoms with E-state index in [9.17, 15) is 4.39 Å². The molecule has 0 unspecified atom stereocenters. The first kappa shape index (κ1) is 14.1. The standard InChI is InChI=1S/C17H14FN3O/c1-2-22-17-15(12-8-4-3-5-9-12)20-21-16(19-17)13-10-6-7-11-14(13)18/h3-11H,2H2,1H3. The van der Waals surface area contributed by atoms with Crippen molar-refractivity contribution in [2.75, 3.05) is 6.61 Å². The Bertz CT molecular complexity index is 778. The molecular weight excluding hydrogens is 281 g/mol. The van der Waals surface area contributed by atoms with Gasteiger partial charge in [0, 0.05) is 5.56 Å². The summed E-state index contributed by atoms with van der Waals surface area (Å²) in [7, 11) is 0. The number of nitrogens with zero attached hydrogens (tertiary/aromatic N) is 3. The Hall–Kier alpha value is -2.82. The fraction of sp³-hybridized carbons (Fsp3) is 0.118. The molecule has 0 saturated carbocycles. The maximum absolute atomic E-state index is 13.9. The highest BCUT2D eigenvalue weighted by Gasteiger charge is 2.15. The molecule has 0 saturated heterocycles. The molecule has 0 radical (unpaired) electrons. The number of benzene rings is 2. The second-order valence-electron chi connectivity index (χ2n) is 4.57. The van der Waals surface area contributed by atoms with Crippen LogP contribution in [-0.4, -0.2) is 21.8 Å². The van der Waals surface area contributed by atoms with E-state index in [1.165, 1.54) is 6.07 Å². The second kappa shape index (κ2) is 6.30. The normalized spacial score (nSPS) is 10.5. The van der Waals surface area contributed by atoms with Crippen molar-refractivity contribution >= 4 is 0 Å². The number of rotatable bonds is 4. The molecule has 5 heteroatoms. The van der Waals surface area contributed by atoms with Gasteiger partial charge in [0.05, 0.1) is 12.2 Å². The van der Waals surface area contributed by atoms with Crippen molar-refractivity contribution in [3.8, 4) is 28.5 Å². The van der Waals surface area contributed by atoms with Crippen LogP contribution in [0.1, 0.15) is 6.92 Å². The van der Waals surface area contributed by atoms with Crippen LogP contribution in [0.5, 0.6) is 5.88 Å². The Balaban J connectivity index is 2.10. The first-order valence-electron chi connectivity index (χ1n) is 6.97. The molecule has 1 aromatic heterocycles. The predicted molar refractivity (Wildman–Crippen MR) is 81.8 cm³/mol. The summed E-state index contributed by atoms with van der Waals surface area (Å²) in [6, 6.07) is 15.8. The van der Waals surface area contributed by atoms with Crippen molar-refractivity contribution in [3.63, 3.8) is 0 Å². The van der Waals surface area contributed by atoms with E-state index < -0.39 is 0 Å². The quantitative estimate of drug-likeness (QED) is 0.735. The number of ether oxygens (including phenoxy) is 1. The third kappa shape index (κ3) is 2.79. The van der Waals surface area contributed by atoms with E-state index in [4.69, 9.17) is 4.74 Å². The van der Waals surface area contributed by atoms with Crippen LogP contribution in [0, 0.1) is 5.82 Å². The average molecular weight is 295 g/mol. The van der Waals surface area contributed by atoms with Crippen molar-refractivity contribution < 1.29 is 9.13 Å². The molecule has 0 aliphatic carbocycles. The van der Waals surface area contributed by atoms with Gasteiger partial charge in [-0.2, -0.15) is 4.98 Å². The lowest BCUT2D eigenvalue weighted by Crippen LogP contribution is -2.03. The van der Waals surface area contributed by atoms with Crippen molar-refractivity contribution in [2.45, 2.75) is 6.92 Å². The largest absolute Gasteiger partial charge is 0.476 e. The molecule has 0 N–H and O–H groups in total. The molecule has 0 aliphatic rings. The summed E-state index contributed by atoms with van der Waals surface area (Å²) in [5.41, 5.74) is 1.70. The number of halogens is 1. The molecule has 0 amide bonds. The molecule has 0 fully saturated rings. The summed E-state index contributed by atoms with van der Waals surface area (Å²) in [5.74, 6) is 0.169. The second-order valence-corrected chi connectivity index (χ2v) is 4.57. The first-order valence-corrected chi connectivity index (χ1v) is 6.97. The molecule has 0 spiro atoms. The van der Waals surface area contributed by atoms with E-state index in [2.05, 4.69) is 15.2 Å². The molecule has 0 aliphatic heterocycles. The van der Waals surface area contributed by atoms with Gasteiger partial charge in [0.25, 0.3) is 0 Å². The fourth-order valence-corrected chi connectivity index (χ4v) is 2.08. The van der Waals surface area contributed by atoms with Crippen LogP contribution < -0.4 is 4.74 Å². The molecule has 2 aromatic carbocycles. The van der Waals surface area contributed by atoms with E-state index >= 15 is 0 Å². The van der Waals surface area contributed by atoms with Gasteiger partial charge in [-0.05, 0) is 19.1 Å². The minimum absolute atomic E-state index is 0.209. The topological polar surface area (TPSA) is 47.9 Å².